The van der Waals surface area contributed by atoms with Crippen molar-refractivity contribution >= 4 is 51.6 Å². The minimum atomic E-state index is -0.385. The van der Waals surface area contributed by atoms with Crippen LogP contribution in [-0.4, -0.2) is 36.3 Å². The molecule has 24 heavy (non-hydrogen) atoms. The van der Waals surface area contributed by atoms with Gasteiger partial charge in [0.15, 0.2) is 11.5 Å². The van der Waals surface area contributed by atoms with Gasteiger partial charge in [-0.3, -0.25) is 14.5 Å². The van der Waals surface area contributed by atoms with E-state index in [1.165, 1.54) is 7.11 Å². The van der Waals surface area contributed by atoms with Crippen LogP contribution >= 0.6 is 34.4 Å². The molecule has 0 bridgehead atoms. The summed E-state index contributed by atoms with van der Waals surface area (Å²) in [6.45, 7) is 3.94. The molecule has 2 amide bonds. The first-order valence-electron chi connectivity index (χ1n) is 6.81. The number of halogens is 1. The fraction of sp³-hybridized carbons (Fsp3) is 0.176. The number of ether oxygens (including phenoxy) is 2. The largest absolute Gasteiger partial charge is 0.493 e. The van der Waals surface area contributed by atoms with Crippen LogP contribution in [0.4, 0.5) is 4.79 Å². The number of terminal acetylenes is 1. The number of benzene rings is 1. The van der Waals surface area contributed by atoms with E-state index in [0.717, 1.165) is 25.8 Å². The summed E-state index contributed by atoms with van der Waals surface area (Å²) in [7, 11) is 1.54. The minimum Gasteiger partial charge on any atom is -0.493 e. The summed E-state index contributed by atoms with van der Waals surface area (Å²) in [5.74, 6) is 3.07. The van der Waals surface area contributed by atoms with Crippen LogP contribution in [0.15, 0.2) is 29.7 Å². The number of methoxy groups -OCH3 is 1. The van der Waals surface area contributed by atoms with Gasteiger partial charge in [0.25, 0.3) is 11.1 Å². The van der Waals surface area contributed by atoms with Gasteiger partial charge in [-0.2, -0.15) is 0 Å². The van der Waals surface area contributed by atoms with Crippen LogP contribution in [0.5, 0.6) is 11.5 Å². The number of carbonyl (C=O) groups is 2. The Kier molecular flexibility index (Phi) is 6.34. The molecule has 0 aromatic heterocycles. The summed E-state index contributed by atoms with van der Waals surface area (Å²) in [5.41, 5.74) is 0.730. The molecule has 0 aliphatic carbocycles. The third-order valence-corrected chi connectivity index (χ3v) is 4.73. The summed E-state index contributed by atoms with van der Waals surface area (Å²) in [4.78, 5) is 25.4. The molecule has 1 heterocycles. The third kappa shape index (κ3) is 3.94. The summed E-state index contributed by atoms with van der Waals surface area (Å²) in [6, 6.07) is 3.59. The minimum absolute atomic E-state index is 0.0306. The highest BCUT2D eigenvalue weighted by Crippen LogP contribution is 2.37. The zero-order valence-electron chi connectivity index (χ0n) is 12.9. The van der Waals surface area contributed by atoms with Gasteiger partial charge in [-0.1, -0.05) is 18.6 Å². The molecule has 5 nitrogen and oxygen atoms in total. The predicted molar refractivity (Wildman–Crippen MR) is 103 cm³/mol. The van der Waals surface area contributed by atoms with Crippen molar-refractivity contribution in [2.24, 2.45) is 0 Å². The van der Waals surface area contributed by atoms with Crippen LogP contribution in [-0.2, 0) is 4.79 Å². The molecule has 2 rings (SSSR count). The number of rotatable bonds is 6. The molecule has 1 aliphatic rings. The molecule has 1 fully saturated rings. The van der Waals surface area contributed by atoms with Crippen LogP contribution in [0, 0.1) is 15.9 Å². The first-order valence-corrected chi connectivity index (χ1v) is 8.71. The molecule has 1 aromatic carbocycles. The molecular weight excluding hydrogens is 441 g/mol. The average molecular weight is 455 g/mol. The van der Waals surface area contributed by atoms with Crippen LogP contribution in [0.1, 0.15) is 5.56 Å². The normalized spacial score (nSPS) is 15.5. The Labute approximate surface area is 158 Å². The van der Waals surface area contributed by atoms with Crippen molar-refractivity contribution in [3.05, 3.63) is 38.8 Å². The second-order valence-corrected chi connectivity index (χ2v) is 6.76. The Hall–Kier alpha value is -1.92. The Bertz CT molecular complexity index is 767. The maximum atomic E-state index is 12.2. The van der Waals surface area contributed by atoms with E-state index >= 15 is 0 Å². The van der Waals surface area contributed by atoms with Crippen molar-refractivity contribution in [3.63, 3.8) is 0 Å². The molecule has 124 valence electrons. The highest BCUT2D eigenvalue weighted by Gasteiger charge is 2.34. The molecule has 0 atom stereocenters. The lowest BCUT2D eigenvalue weighted by Gasteiger charge is -2.12. The topological polar surface area (TPSA) is 55.8 Å². The number of nitrogens with zero attached hydrogens (tertiary/aromatic N) is 1. The lowest BCUT2D eigenvalue weighted by molar-refractivity contribution is -0.122. The summed E-state index contributed by atoms with van der Waals surface area (Å²) < 4.78 is 11.8. The third-order valence-electron chi connectivity index (χ3n) is 3.02. The molecule has 1 aromatic rings. The standard InChI is InChI=1S/C17H14INO4S/c1-4-6-19-16(20)14(24-17(19)21)10-11-8-12(18)15(23-7-5-2)13(9-11)22-3/h1,5,8-10H,2,6-7H2,3H3/b14-10-. The Morgan fingerprint density at radius 3 is 2.83 bits per heavy atom. The lowest BCUT2D eigenvalue weighted by Crippen LogP contribution is -2.28. The Morgan fingerprint density at radius 2 is 2.21 bits per heavy atom. The maximum absolute atomic E-state index is 12.2. The van der Waals surface area contributed by atoms with Gasteiger partial charge in [-0.15, -0.1) is 6.42 Å². The van der Waals surface area contributed by atoms with E-state index in [-0.39, 0.29) is 17.7 Å². The Morgan fingerprint density at radius 1 is 1.46 bits per heavy atom. The summed E-state index contributed by atoms with van der Waals surface area (Å²) in [6.07, 6.45) is 8.47. The predicted octanol–water partition coefficient (Wildman–Crippen LogP) is 3.53. The van der Waals surface area contributed by atoms with E-state index in [2.05, 4.69) is 35.1 Å². The zero-order valence-corrected chi connectivity index (χ0v) is 15.8. The number of amides is 2. The van der Waals surface area contributed by atoms with Gasteiger partial charge in [0.05, 0.1) is 22.1 Å². The van der Waals surface area contributed by atoms with Crippen LogP contribution in [0.3, 0.4) is 0 Å². The van der Waals surface area contributed by atoms with Gasteiger partial charge in [0.1, 0.15) is 6.61 Å². The Balaban J connectivity index is 2.35. The first kappa shape index (κ1) is 18.4. The van der Waals surface area contributed by atoms with E-state index in [4.69, 9.17) is 15.9 Å². The van der Waals surface area contributed by atoms with E-state index in [1.807, 2.05) is 6.07 Å². The molecule has 7 heteroatoms. The number of imide groups is 1. The molecule has 0 radical (unpaired) electrons. The lowest BCUT2D eigenvalue weighted by atomic mass is 10.2. The number of thioether (sulfide) groups is 1. The van der Waals surface area contributed by atoms with Gasteiger partial charge in [0, 0.05) is 0 Å². The molecule has 1 aliphatic heterocycles. The highest BCUT2D eigenvalue weighted by molar-refractivity contribution is 14.1. The second kappa shape index (κ2) is 8.26. The van der Waals surface area contributed by atoms with Gasteiger partial charge < -0.3 is 9.47 Å². The molecular formula is C17H14INO4S. The quantitative estimate of drug-likeness (QED) is 0.284. The number of carbonyl (C=O) groups excluding carboxylic acids is 2. The van der Waals surface area contributed by atoms with Crippen molar-refractivity contribution in [1.29, 1.82) is 0 Å². The molecule has 0 N–H and O–H groups in total. The average Bonchev–Trinajstić information content (AvgIpc) is 2.81. The highest BCUT2D eigenvalue weighted by atomic mass is 127. The van der Waals surface area contributed by atoms with Crippen molar-refractivity contribution in [3.8, 4) is 23.8 Å². The zero-order chi connectivity index (χ0) is 17.7. The molecule has 1 saturated heterocycles. The van der Waals surface area contributed by atoms with E-state index in [0.29, 0.717) is 23.0 Å². The summed E-state index contributed by atoms with van der Waals surface area (Å²) >= 11 is 2.99. The molecule has 0 spiro atoms. The SMILES string of the molecule is C#CCN1C(=O)S/C(=C\c2cc(I)c(OCC=C)c(OC)c2)C1=O. The van der Waals surface area contributed by atoms with Crippen molar-refractivity contribution < 1.29 is 19.1 Å². The fourth-order valence-electron chi connectivity index (χ4n) is 1.98. The van der Waals surface area contributed by atoms with Crippen molar-refractivity contribution in [2.75, 3.05) is 20.3 Å². The number of hydrogen-bond acceptors (Lipinski definition) is 5. The van der Waals surface area contributed by atoms with Gasteiger partial charge >= 0.3 is 0 Å². The van der Waals surface area contributed by atoms with Crippen molar-refractivity contribution in [2.45, 2.75) is 0 Å². The van der Waals surface area contributed by atoms with Gasteiger partial charge in [-0.05, 0) is 58.1 Å². The first-order chi connectivity index (χ1) is 11.5. The fourth-order valence-corrected chi connectivity index (χ4v) is 3.60. The van der Waals surface area contributed by atoms with Crippen LogP contribution in [0.25, 0.3) is 6.08 Å². The molecule has 0 unspecified atom stereocenters. The van der Waals surface area contributed by atoms with Crippen molar-refractivity contribution in [1.82, 2.24) is 4.90 Å². The van der Waals surface area contributed by atoms with Crippen LogP contribution < -0.4 is 9.47 Å². The second-order valence-electron chi connectivity index (χ2n) is 4.61. The van der Waals surface area contributed by atoms with E-state index in [9.17, 15) is 9.59 Å². The molecule has 0 saturated carbocycles. The monoisotopic (exact) mass is 455 g/mol. The van der Waals surface area contributed by atoms with Crippen LogP contribution in [0.2, 0.25) is 0 Å². The summed E-state index contributed by atoms with van der Waals surface area (Å²) in [5, 5.41) is -0.364. The number of hydrogen-bond donors (Lipinski definition) is 0. The van der Waals surface area contributed by atoms with E-state index < -0.39 is 0 Å². The van der Waals surface area contributed by atoms with Gasteiger partial charge in [-0.25, -0.2) is 0 Å². The van der Waals surface area contributed by atoms with E-state index in [1.54, 1.807) is 18.2 Å². The smallest absolute Gasteiger partial charge is 0.294 e. The van der Waals surface area contributed by atoms with Gasteiger partial charge in [0.2, 0.25) is 0 Å². The maximum Gasteiger partial charge on any atom is 0.294 e.